The molecule has 0 radical (unpaired) electrons. The van der Waals surface area contributed by atoms with Crippen LogP contribution in [0.5, 0.6) is 11.5 Å². The summed E-state index contributed by atoms with van der Waals surface area (Å²) in [5.41, 5.74) is 13.5. The van der Waals surface area contributed by atoms with Crippen LogP contribution >= 0.6 is 0 Å². The molecule has 0 amide bonds. The molecule has 5 nitrogen and oxygen atoms in total. The smallest absolute Gasteiger partial charge is 0.135 e. The summed E-state index contributed by atoms with van der Waals surface area (Å²) in [5, 5.41) is 2.24. The molecule has 0 saturated heterocycles. The molecular weight excluding hydrogens is 1000 g/mol. The van der Waals surface area contributed by atoms with E-state index in [2.05, 4.69) is 250 Å². The molecule has 0 bridgehead atoms. The molecule has 0 unspecified atom stereocenters. The minimum absolute atomic E-state index is 0. The van der Waals surface area contributed by atoms with Gasteiger partial charge >= 0.3 is 0 Å². The Morgan fingerprint density at radius 2 is 1.24 bits per heavy atom. The summed E-state index contributed by atoms with van der Waals surface area (Å²) in [7, 11) is 0. The van der Waals surface area contributed by atoms with Crippen molar-refractivity contribution >= 4 is 38.9 Å². The van der Waals surface area contributed by atoms with Gasteiger partial charge in [0.15, 0.2) is 0 Å². The van der Waals surface area contributed by atoms with Crippen molar-refractivity contribution in [2.24, 2.45) is 0 Å². The van der Waals surface area contributed by atoms with E-state index in [1.807, 2.05) is 12.3 Å². The Hall–Kier alpha value is -5.90. The summed E-state index contributed by atoms with van der Waals surface area (Å²) >= 11 is 0. The number of ether oxygens (including phenoxy) is 1. The van der Waals surface area contributed by atoms with Crippen LogP contribution in [0.3, 0.4) is 0 Å². The van der Waals surface area contributed by atoms with Crippen LogP contribution in [0, 0.1) is 18.8 Å². The Kier molecular flexibility index (Phi) is 13.0. The first kappa shape index (κ1) is 47.6. The number of fused-ring (bicyclic) bond motifs is 3. The Labute approximate surface area is 413 Å². The third kappa shape index (κ3) is 9.25. The standard InChI is InChI=1S/C61H63N4O.Pt/c1-40(2)50-25-19-26-51(41(3)4)58(50)56-38-63(39-64(56)46-23-18-22-44(32-46)61(11,12)42-20-14-13-15-21-42)47-33-45(60(8,9)10)34-49(36-47)66-48-28-29-53-52-24-16-17-27-54(52)65(55(53)37-48)57-35-43(30-31-62-57)59(5,6)7;/h13-35,38-41H,1-12H3;/q-3;. The van der Waals surface area contributed by atoms with E-state index in [4.69, 9.17) is 9.72 Å². The maximum atomic E-state index is 6.89. The van der Waals surface area contributed by atoms with Crippen molar-refractivity contribution in [1.82, 2.24) is 9.55 Å². The monoisotopic (exact) mass is 1060 g/mol. The molecule has 0 spiro atoms. The Bertz CT molecular complexity index is 3080. The van der Waals surface area contributed by atoms with Crippen molar-refractivity contribution in [2.75, 3.05) is 9.80 Å². The van der Waals surface area contributed by atoms with Crippen molar-refractivity contribution < 1.29 is 25.8 Å². The van der Waals surface area contributed by atoms with Crippen LogP contribution in [-0.4, -0.2) is 9.55 Å². The molecule has 3 heterocycles. The molecule has 6 heteroatoms. The van der Waals surface area contributed by atoms with Gasteiger partial charge in [0.1, 0.15) is 5.82 Å². The number of aromatic nitrogens is 2. The van der Waals surface area contributed by atoms with Gasteiger partial charge in [0.05, 0.1) is 0 Å². The van der Waals surface area contributed by atoms with E-state index < -0.39 is 0 Å². The van der Waals surface area contributed by atoms with E-state index >= 15 is 0 Å². The maximum Gasteiger partial charge on any atom is 0.135 e. The summed E-state index contributed by atoms with van der Waals surface area (Å²) in [4.78, 5) is 9.50. The van der Waals surface area contributed by atoms with Crippen LogP contribution in [0.25, 0.3) is 33.3 Å². The van der Waals surface area contributed by atoms with Gasteiger partial charge in [-0.15, -0.1) is 53.6 Å². The number of nitrogens with zero attached hydrogens (tertiary/aromatic N) is 4. The predicted octanol–water partition coefficient (Wildman–Crippen LogP) is 16.2. The minimum Gasteiger partial charge on any atom is -0.509 e. The number of benzene rings is 6. The molecule has 1 aliphatic rings. The van der Waals surface area contributed by atoms with Crippen molar-refractivity contribution in [3.8, 4) is 17.3 Å². The topological polar surface area (TPSA) is 33.5 Å². The van der Waals surface area contributed by atoms with Gasteiger partial charge in [-0.1, -0.05) is 167 Å². The number of para-hydroxylation sites is 1. The van der Waals surface area contributed by atoms with Gasteiger partial charge < -0.3 is 19.1 Å². The van der Waals surface area contributed by atoms with Gasteiger partial charge in [-0.2, -0.15) is 6.07 Å². The van der Waals surface area contributed by atoms with Crippen LogP contribution in [-0.2, 0) is 37.3 Å². The average Bonchev–Trinajstić information content (AvgIpc) is 3.88. The van der Waals surface area contributed by atoms with Crippen LogP contribution < -0.4 is 14.5 Å². The summed E-state index contributed by atoms with van der Waals surface area (Å²) < 4.78 is 9.10. The number of hydrogen-bond acceptors (Lipinski definition) is 4. The third-order valence-corrected chi connectivity index (χ3v) is 13.3. The number of pyridine rings is 1. The molecule has 9 rings (SSSR count). The fourth-order valence-corrected chi connectivity index (χ4v) is 9.30. The van der Waals surface area contributed by atoms with E-state index in [1.54, 1.807) is 0 Å². The minimum atomic E-state index is -0.206. The van der Waals surface area contributed by atoms with Crippen molar-refractivity contribution in [3.63, 3.8) is 0 Å². The first-order chi connectivity index (χ1) is 31.4. The van der Waals surface area contributed by atoms with E-state index in [0.717, 1.165) is 50.3 Å². The molecule has 6 aromatic carbocycles. The molecule has 2 aromatic heterocycles. The van der Waals surface area contributed by atoms with Gasteiger partial charge in [0.25, 0.3) is 0 Å². The molecular formula is C61H63N4OPt-3. The molecule has 0 saturated carbocycles. The summed E-state index contributed by atoms with van der Waals surface area (Å²) in [6.45, 7) is 29.5. The Balaban J connectivity index is 0.00000608. The zero-order valence-electron chi connectivity index (χ0n) is 41.1. The van der Waals surface area contributed by atoms with E-state index in [1.165, 1.54) is 33.4 Å². The van der Waals surface area contributed by atoms with Crippen LogP contribution in [0.4, 0.5) is 11.4 Å². The molecule has 1 aliphatic heterocycles. The van der Waals surface area contributed by atoms with Crippen LogP contribution in [0.15, 0.2) is 146 Å². The molecule has 67 heavy (non-hydrogen) atoms. The average molecular weight is 1060 g/mol. The second kappa shape index (κ2) is 18.3. The molecule has 8 aromatic rings. The normalized spacial score (nSPS) is 13.5. The Morgan fingerprint density at radius 1 is 0.582 bits per heavy atom. The quantitative estimate of drug-likeness (QED) is 0.128. The van der Waals surface area contributed by atoms with Gasteiger partial charge in [-0.3, -0.25) is 0 Å². The zero-order chi connectivity index (χ0) is 46.7. The second-order valence-electron chi connectivity index (χ2n) is 21.1. The third-order valence-electron chi connectivity index (χ3n) is 13.3. The number of hydrogen-bond donors (Lipinski definition) is 0. The van der Waals surface area contributed by atoms with Gasteiger partial charge in [-0.05, 0) is 92.4 Å². The molecule has 0 fully saturated rings. The first-order valence-corrected chi connectivity index (χ1v) is 23.5. The van der Waals surface area contributed by atoms with Gasteiger partial charge in [0, 0.05) is 66.6 Å². The fraction of sp³-hybridized carbons (Fsp3) is 0.279. The zero-order valence-corrected chi connectivity index (χ0v) is 43.4. The van der Waals surface area contributed by atoms with E-state index in [0.29, 0.717) is 23.3 Å². The molecule has 346 valence electrons. The van der Waals surface area contributed by atoms with E-state index in [9.17, 15) is 0 Å². The van der Waals surface area contributed by atoms with Crippen molar-refractivity contribution in [2.45, 2.75) is 111 Å². The largest absolute Gasteiger partial charge is 0.509 e. The molecule has 0 aliphatic carbocycles. The maximum absolute atomic E-state index is 6.89. The van der Waals surface area contributed by atoms with E-state index in [-0.39, 0.29) is 37.3 Å². The molecule has 0 atom stereocenters. The van der Waals surface area contributed by atoms with Crippen molar-refractivity contribution in [1.29, 1.82) is 0 Å². The predicted molar refractivity (Wildman–Crippen MR) is 277 cm³/mol. The van der Waals surface area contributed by atoms with Gasteiger partial charge in [-0.25, -0.2) is 4.98 Å². The summed E-state index contributed by atoms with van der Waals surface area (Å²) in [6.07, 6.45) is 4.20. The summed E-state index contributed by atoms with van der Waals surface area (Å²) in [6, 6.07) is 55.5. The molecule has 0 N–H and O–H groups in total. The van der Waals surface area contributed by atoms with Crippen LogP contribution in [0.1, 0.15) is 134 Å². The number of rotatable bonds is 10. The first-order valence-electron chi connectivity index (χ1n) is 23.5. The SMILES string of the molecule is CC(C)c1cccc(C(C)C)c1C1=CN(c2[c-]c(Oc3[c-]c4c(cc3)c3ccccc3n4-c3cc(C(C)(C)C)ccn3)cc(C(C)(C)C)c2)[CH-]N1c1cccc(C(C)(C)c2ccccc2)c1.[Pt]. The Morgan fingerprint density at radius 3 is 1.93 bits per heavy atom. The van der Waals surface area contributed by atoms with Crippen molar-refractivity contribution in [3.05, 3.63) is 204 Å². The second-order valence-corrected chi connectivity index (χ2v) is 21.1. The fourth-order valence-electron chi connectivity index (χ4n) is 9.30. The van der Waals surface area contributed by atoms with Crippen LogP contribution in [0.2, 0.25) is 0 Å². The van der Waals surface area contributed by atoms with Gasteiger partial charge in [0.2, 0.25) is 0 Å². The summed E-state index contributed by atoms with van der Waals surface area (Å²) in [5.74, 6) is 2.74. The number of anilines is 2.